The van der Waals surface area contributed by atoms with Crippen LogP contribution in [0.5, 0.6) is 0 Å². The van der Waals surface area contributed by atoms with E-state index in [1.54, 1.807) is 0 Å². The fourth-order valence-electron chi connectivity index (χ4n) is 2.51. The molecule has 3 heteroatoms. The summed E-state index contributed by atoms with van der Waals surface area (Å²) in [6.45, 7) is 9.10. The summed E-state index contributed by atoms with van der Waals surface area (Å²) in [5.74, 6) is 0.557. The Hall–Kier alpha value is -0.120. The second-order valence-electron chi connectivity index (χ2n) is 5.42. The van der Waals surface area contributed by atoms with Crippen molar-refractivity contribution in [2.45, 2.75) is 71.4 Å². The largest absolute Gasteiger partial charge is 0.375 e. The lowest BCUT2D eigenvalue weighted by Gasteiger charge is -2.36. The van der Waals surface area contributed by atoms with Crippen molar-refractivity contribution in [2.75, 3.05) is 6.54 Å². The monoisotopic (exact) mass is 229 g/mol. The Kier molecular flexibility index (Phi) is 5.73. The second-order valence-corrected chi connectivity index (χ2v) is 5.42. The van der Waals surface area contributed by atoms with Gasteiger partial charge in [-0.25, -0.2) is 0 Å². The number of hydrogen-bond acceptors (Lipinski definition) is 3. The minimum Gasteiger partial charge on any atom is -0.375 e. The summed E-state index contributed by atoms with van der Waals surface area (Å²) in [4.78, 5) is 0. The van der Waals surface area contributed by atoms with Crippen molar-refractivity contribution in [1.29, 1.82) is 0 Å². The molecule has 0 amide bonds. The first kappa shape index (κ1) is 13.9. The highest BCUT2D eigenvalue weighted by Crippen LogP contribution is 2.29. The van der Waals surface area contributed by atoms with Gasteiger partial charge in [-0.2, -0.15) is 0 Å². The normalized spacial score (nSPS) is 31.3. The van der Waals surface area contributed by atoms with Crippen LogP contribution in [0.4, 0.5) is 0 Å². The van der Waals surface area contributed by atoms with E-state index >= 15 is 0 Å². The molecule has 0 aliphatic heterocycles. The number of rotatable bonds is 5. The van der Waals surface area contributed by atoms with Crippen LogP contribution in [0.1, 0.15) is 47.0 Å². The van der Waals surface area contributed by atoms with E-state index in [1.165, 1.54) is 0 Å². The van der Waals surface area contributed by atoms with Crippen LogP contribution in [0.25, 0.3) is 0 Å². The Bertz CT molecular complexity index is 176. The molecular formula is C13H27NO2. The van der Waals surface area contributed by atoms with Gasteiger partial charge in [-0.3, -0.25) is 0 Å². The first-order valence-corrected chi connectivity index (χ1v) is 6.52. The van der Waals surface area contributed by atoms with Crippen LogP contribution >= 0.6 is 0 Å². The predicted molar refractivity (Wildman–Crippen MR) is 66.4 cm³/mol. The van der Waals surface area contributed by atoms with Crippen molar-refractivity contribution in [3.05, 3.63) is 0 Å². The van der Waals surface area contributed by atoms with Crippen LogP contribution in [0, 0.1) is 5.92 Å². The van der Waals surface area contributed by atoms with Crippen LogP contribution in [0.3, 0.4) is 0 Å². The topological polar surface area (TPSA) is 44.5 Å². The lowest BCUT2D eigenvalue weighted by molar-refractivity contribution is -0.0914. The fraction of sp³-hybridized carbons (Fsp3) is 1.00. The summed E-state index contributed by atoms with van der Waals surface area (Å²) >= 11 is 0. The van der Waals surface area contributed by atoms with Crippen molar-refractivity contribution in [2.24, 2.45) is 11.7 Å². The van der Waals surface area contributed by atoms with Crippen molar-refractivity contribution in [3.63, 3.8) is 0 Å². The standard InChI is InChI=1S/C13H27NO2/c1-9(2)15-12-5-11(8-14)6-13(7-12)16-10(3)4/h9-13H,5-8,14H2,1-4H3. The van der Waals surface area contributed by atoms with E-state index in [9.17, 15) is 0 Å². The summed E-state index contributed by atoms with van der Waals surface area (Å²) in [5, 5.41) is 0. The van der Waals surface area contributed by atoms with Crippen molar-refractivity contribution in [3.8, 4) is 0 Å². The van der Waals surface area contributed by atoms with Crippen LogP contribution in [0.2, 0.25) is 0 Å². The fourth-order valence-corrected chi connectivity index (χ4v) is 2.51. The first-order chi connectivity index (χ1) is 7.51. The summed E-state index contributed by atoms with van der Waals surface area (Å²) in [6.07, 6.45) is 4.44. The van der Waals surface area contributed by atoms with Gasteiger partial charge in [0.15, 0.2) is 0 Å². The molecule has 16 heavy (non-hydrogen) atoms. The van der Waals surface area contributed by atoms with E-state index in [2.05, 4.69) is 27.7 Å². The summed E-state index contributed by atoms with van der Waals surface area (Å²) in [5.41, 5.74) is 5.78. The van der Waals surface area contributed by atoms with E-state index in [1.807, 2.05) is 0 Å². The second kappa shape index (κ2) is 6.58. The van der Waals surface area contributed by atoms with Crippen molar-refractivity contribution in [1.82, 2.24) is 0 Å². The van der Waals surface area contributed by atoms with Gasteiger partial charge in [0.05, 0.1) is 24.4 Å². The molecule has 1 fully saturated rings. The van der Waals surface area contributed by atoms with Gasteiger partial charge in [0.1, 0.15) is 0 Å². The van der Waals surface area contributed by atoms with Crippen LogP contribution < -0.4 is 5.73 Å². The molecule has 1 aliphatic rings. The van der Waals surface area contributed by atoms with Crippen molar-refractivity contribution >= 4 is 0 Å². The zero-order valence-corrected chi connectivity index (χ0v) is 11.1. The molecule has 0 heterocycles. The Morgan fingerprint density at radius 2 is 1.38 bits per heavy atom. The average Bonchev–Trinajstić information content (AvgIpc) is 2.14. The van der Waals surface area contributed by atoms with Gasteiger partial charge >= 0.3 is 0 Å². The summed E-state index contributed by atoms with van der Waals surface area (Å²) in [6, 6.07) is 0. The van der Waals surface area contributed by atoms with E-state index < -0.39 is 0 Å². The van der Waals surface area contributed by atoms with Gasteiger partial charge < -0.3 is 15.2 Å². The highest BCUT2D eigenvalue weighted by Gasteiger charge is 2.30. The highest BCUT2D eigenvalue weighted by molar-refractivity contribution is 4.81. The molecule has 0 spiro atoms. The van der Waals surface area contributed by atoms with Gasteiger partial charge in [0, 0.05) is 0 Å². The smallest absolute Gasteiger partial charge is 0.0606 e. The Labute approximate surface area is 99.7 Å². The molecular weight excluding hydrogens is 202 g/mol. The van der Waals surface area contributed by atoms with Crippen LogP contribution in [-0.2, 0) is 9.47 Å². The number of nitrogens with two attached hydrogens (primary N) is 1. The highest BCUT2D eigenvalue weighted by atomic mass is 16.5. The molecule has 2 unspecified atom stereocenters. The molecule has 2 atom stereocenters. The molecule has 0 bridgehead atoms. The van der Waals surface area contributed by atoms with Gasteiger partial charge in [-0.1, -0.05) is 0 Å². The lowest BCUT2D eigenvalue weighted by atomic mass is 9.85. The molecule has 3 nitrogen and oxygen atoms in total. The van der Waals surface area contributed by atoms with Gasteiger partial charge in [-0.15, -0.1) is 0 Å². The molecule has 2 N–H and O–H groups in total. The predicted octanol–water partition coefficient (Wildman–Crippen LogP) is 2.33. The van der Waals surface area contributed by atoms with Gasteiger partial charge in [0.25, 0.3) is 0 Å². The molecule has 0 aromatic carbocycles. The van der Waals surface area contributed by atoms with E-state index in [-0.39, 0.29) is 0 Å². The maximum absolute atomic E-state index is 5.90. The summed E-state index contributed by atoms with van der Waals surface area (Å²) in [7, 11) is 0. The maximum atomic E-state index is 5.90. The van der Waals surface area contributed by atoms with Crippen molar-refractivity contribution < 1.29 is 9.47 Å². The maximum Gasteiger partial charge on any atom is 0.0606 e. The summed E-state index contributed by atoms with van der Waals surface area (Å²) < 4.78 is 11.8. The van der Waals surface area contributed by atoms with E-state index in [4.69, 9.17) is 15.2 Å². The Balaban J connectivity index is 2.47. The lowest BCUT2D eigenvalue weighted by Crippen LogP contribution is -2.38. The van der Waals surface area contributed by atoms with E-state index in [0.29, 0.717) is 30.3 Å². The first-order valence-electron chi connectivity index (χ1n) is 6.52. The molecule has 1 rings (SSSR count). The SMILES string of the molecule is CC(C)OC1CC(CN)CC(OC(C)C)C1. The van der Waals surface area contributed by atoms with Gasteiger partial charge in [0.2, 0.25) is 0 Å². The van der Waals surface area contributed by atoms with Crippen LogP contribution in [-0.4, -0.2) is 31.0 Å². The molecule has 96 valence electrons. The average molecular weight is 229 g/mol. The molecule has 0 radical (unpaired) electrons. The Morgan fingerprint density at radius 1 is 0.938 bits per heavy atom. The van der Waals surface area contributed by atoms with E-state index in [0.717, 1.165) is 25.8 Å². The Morgan fingerprint density at radius 3 is 1.69 bits per heavy atom. The van der Waals surface area contributed by atoms with Crippen LogP contribution in [0.15, 0.2) is 0 Å². The third-order valence-corrected chi connectivity index (χ3v) is 2.98. The third kappa shape index (κ3) is 4.81. The van der Waals surface area contributed by atoms with Gasteiger partial charge in [-0.05, 0) is 59.4 Å². The number of hydrogen-bond donors (Lipinski definition) is 1. The zero-order valence-electron chi connectivity index (χ0n) is 11.1. The molecule has 0 saturated heterocycles. The third-order valence-electron chi connectivity index (χ3n) is 2.98. The molecule has 1 saturated carbocycles. The quantitative estimate of drug-likeness (QED) is 0.787. The molecule has 0 aromatic rings. The minimum absolute atomic E-state index is 0.293. The molecule has 0 aromatic heterocycles. The minimum atomic E-state index is 0.293. The number of ether oxygens (including phenoxy) is 2. The molecule has 1 aliphatic carbocycles. The zero-order chi connectivity index (χ0) is 12.1.